The molecule has 1 rings (SSSR count). The van der Waals surface area contributed by atoms with Crippen molar-refractivity contribution in [3.8, 4) is 0 Å². The van der Waals surface area contributed by atoms with Crippen LogP contribution in [0.1, 0.15) is 5.56 Å². The summed E-state index contributed by atoms with van der Waals surface area (Å²) >= 11 is 1.05. The number of hydrogen-bond acceptors (Lipinski definition) is 5. The highest BCUT2D eigenvalue weighted by Gasteiger charge is 2.27. The predicted molar refractivity (Wildman–Crippen MR) is 69.1 cm³/mol. The van der Waals surface area contributed by atoms with Crippen LogP contribution in [0.4, 0.5) is 13.2 Å². The van der Waals surface area contributed by atoms with Crippen molar-refractivity contribution >= 4 is 21.4 Å². The SMILES string of the molecule is CNCc1csc(S(=O)(=O)NCCOCC(F)(F)F)c1. The largest absolute Gasteiger partial charge is 0.411 e. The van der Waals surface area contributed by atoms with Crippen molar-refractivity contribution in [2.24, 2.45) is 0 Å². The number of ether oxygens (including phenoxy) is 1. The van der Waals surface area contributed by atoms with Gasteiger partial charge in [0.25, 0.3) is 0 Å². The topological polar surface area (TPSA) is 67.4 Å². The Morgan fingerprint density at radius 1 is 1.40 bits per heavy atom. The third-order valence-corrected chi connectivity index (χ3v) is 5.03. The van der Waals surface area contributed by atoms with Crippen LogP contribution >= 0.6 is 11.3 Å². The molecule has 0 aliphatic heterocycles. The number of alkyl halides is 3. The molecular formula is C10H15F3N2O3S2. The Kier molecular flexibility index (Phi) is 6.40. The van der Waals surface area contributed by atoms with Crippen LogP contribution in [-0.4, -0.2) is 41.4 Å². The average molecular weight is 332 g/mol. The van der Waals surface area contributed by atoms with Gasteiger partial charge in [0.05, 0.1) is 6.61 Å². The van der Waals surface area contributed by atoms with E-state index in [0.717, 1.165) is 16.9 Å². The molecule has 116 valence electrons. The van der Waals surface area contributed by atoms with Gasteiger partial charge in [0, 0.05) is 13.1 Å². The summed E-state index contributed by atoms with van der Waals surface area (Å²) < 4.78 is 65.6. The Bertz CT molecular complexity index is 514. The highest BCUT2D eigenvalue weighted by atomic mass is 32.2. The Morgan fingerprint density at radius 3 is 2.70 bits per heavy atom. The van der Waals surface area contributed by atoms with Gasteiger partial charge >= 0.3 is 6.18 Å². The summed E-state index contributed by atoms with van der Waals surface area (Å²) in [6, 6.07) is 1.51. The van der Waals surface area contributed by atoms with E-state index in [2.05, 4.69) is 14.8 Å². The molecule has 0 saturated carbocycles. The van der Waals surface area contributed by atoms with E-state index in [1.165, 1.54) is 6.07 Å². The first-order chi connectivity index (χ1) is 9.24. The van der Waals surface area contributed by atoms with Gasteiger partial charge in [0.15, 0.2) is 0 Å². The monoisotopic (exact) mass is 332 g/mol. The molecule has 20 heavy (non-hydrogen) atoms. The second-order valence-corrected chi connectivity index (χ2v) is 6.77. The number of thiophene rings is 1. The van der Waals surface area contributed by atoms with Crippen LogP contribution in [0.3, 0.4) is 0 Å². The zero-order valence-electron chi connectivity index (χ0n) is 10.7. The van der Waals surface area contributed by atoms with E-state index in [-0.39, 0.29) is 17.4 Å². The second kappa shape index (κ2) is 7.36. The van der Waals surface area contributed by atoms with Gasteiger partial charge in [-0.1, -0.05) is 0 Å². The van der Waals surface area contributed by atoms with Crippen molar-refractivity contribution in [1.29, 1.82) is 0 Å². The highest BCUT2D eigenvalue weighted by molar-refractivity contribution is 7.91. The van der Waals surface area contributed by atoms with Gasteiger partial charge < -0.3 is 10.1 Å². The Morgan fingerprint density at radius 2 is 2.10 bits per heavy atom. The molecule has 1 aromatic rings. The predicted octanol–water partition coefficient (Wildman–Crippen LogP) is 1.32. The minimum Gasteiger partial charge on any atom is -0.371 e. The van der Waals surface area contributed by atoms with Gasteiger partial charge in [-0.25, -0.2) is 13.1 Å². The Balaban J connectivity index is 2.41. The number of rotatable bonds is 8. The minimum absolute atomic E-state index is 0.124. The lowest BCUT2D eigenvalue weighted by molar-refractivity contribution is -0.173. The quantitative estimate of drug-likeness (QED) is 0.705. The maximum Gasteiger partial charge on any atom is 0.411 e. The fourth-order valence-electron chi connectivity index (χ4n) is 1.30. The molecule has 0 bridgehead atoms. The van der Waals surface area contributed by atoms with Crippen molar-refractivity contribution < 1.29 is 26.3 Å². The normalized spacial score (nSPS) is 12.8. The van der Waals surface area contributed by atoms with Crippen LogP contribution in [0.15, 0.2) is 15.7 Å². The van der Waals surface area contributed by atoms with E-state index in [1.807, 2.05) is 0 Å². The van der Waals surface area contributed by atoms with E-state index in [1.54, 1.807) is 12.4 Å². The van der Waals surface area contributed by atoms with Crippen molar-refractivity contribution in [3.63, 3.8) is 0 Å². The Labute approximate surface area is 119 Å². The smallest absolute Gasteiger partial charge is 0.371 e. The molecule has 5 nitrogen and oxygen atoms in total. The molecule has 0 aliphatic rings. The third kappa shape index (κ3) is 6.18. The van der Waals surface area contributed by atoms with Crippen LogP contribution in [0.2, 0.25) is 0 Å². The van der Waals surface area contributed by atoms with Crippen molar-refractivity contribution in [2.75, 3.05) is 26.8 Å². The molecule has 0 saturated heterocycles. The summed E-state index contributed by atoms with van der Waals surface area (Å²) in [5.74, 6) is 0. The van der Waals surface area contributed by atoms with Gasteiger partial charge in [-0.2, -0.15) is 13.2 Å². The average Bonchev–Trinajstić information content (AvgIpc) is 2.77. The van der Waals surface area contributed by atoms with Crippen LogP contribution < -0.4 is 10.0 Å². The molecule has 10 heteroatoms. The van der Waals surface area contributed by atoms with Crippen molar-refractivity contribution in [2.45, 2.75) is 16.9 Å². The number of halogens is 3. The van der Waals surface area contributed by atoms with Gasteiger partial charge in [-0.3, -0.25) is 0 Å². The summed E-state index contributed by atoms with van der Waals surface area (Å²) in [7, 11) is -1.96. The van der Waals surface area contributed by atoms with Crippen molar-refractivity contribution in [3.05, 3.63) is 17.0 Å². The molecule has 1 aromatic heterocycles. The standard InChI is InChI=1S/C10H15F3N2O3S2/c1-14-5-8-4-9(19-6-8)20(16,17)15-2-3-18-7-10(11,12)13/h4,6,14-15H,2-3,5,7H2,1H3. The molecule has 0 aromatic carbocycles. The molecule has 0 radical (unpaired) electrons. The van der Waals surface area contributed by atoms with E-state index in [9.17, 15) is 21.6 Å². The lowest BCUT2D eigenvalue weighted by Gasteiger charge is -2.08. The van der Waals surface area contributed by atoms with Crippen LogP contribution in [0, 0.1) is 0 Å². The highest BCUT2D eigenvalue weighted by Crippen LogP contribution is 2.19. The maximum absolute atomic E-state index is 11.8. The van der Waals surface area contributed by atoms with Crippen LogP contribution in [0.5, 0.6) is 0 Å². The first kappa shape index (κ1) is 17.4. The maximum atomic E-state index is 11.8. The molecule has 0 fully saturated rings. The van der Waals surface area contributed by atoms with Crippen molar-refractivity contribution in [1.82, 2.24) is 10.0 Å². The molecule has 1 heterocycles. The van der Waals surface area contributed by atoms with Crippen LogP contribution in [-0.2, 0) is 21.3 Å². The lowest BCUT2D eigenvalue weighted by Crippen LogP contribution is -2.28. The number of hydrogen-bond donors (Lipinski definition) is 2. The van der Waals surface area contributed by atoms with E-state index in [0.29, 0.717) is 6.54 Å². The van der Waals surface area contributed by atoms with Gasteiger partial charge in [-0.05, 0) is 24.1 Å². The van der Waals surface area contributed by atoms with Gasteiger partial charge in [-0.15, -0.1) is 11.3 Å². The molecule has 0 aliphatic carbocycles. The van der Waals surface area contributed by atoms with Crippen LogP contribution in [0.25, 0.3) is 0 Å². The third-order valence-electron chi connectivity index (χ3n) is 2.08. The fourth-order valence-corrected chi connectivity index (χ4v) is 3.57. The van der Waals surface area contributed by atoms with Gasteiger partial charge in [0.1, 0.15) is 10.8 Å². The summed E-state index contributed by atoms with van der Waals surface area (Å²) in [6.07, 6.45) is -4.41. The van der Waals surface area contributed by atoms with E-state index in [4.69, 9.17) is 0 Å². The molecule has 0 amide bonds. The summed E-state index contributed by atoms with van der Waals surface area (Å²) in [5.41, 5.74) is 0.825. The first-order valence-electron chi connectivity index (χ1n) is 5.61. The van der Waals surface area contributed by atoms with E-state index >= 15 is 0 Å². The zero-order valence-corrected chi connectivity index (χ0v) is 12.3. The van der Waals surface area contributed by atoms with Gasteiger partial charge in [0.2, 0.25) is 10.0 Å². The summed E-state index contributed by atoms with van der Waals surface area (Å²) in [6.45, 7) is -1.40. The lowest BCUT2D eigenvalue weighted by atomic mass is 10.3. The molecule has 0 unspecified atom stereocenters. The molecule has 0 spiro atoms. The molecule has 0 atom stereocenters. The Hall–Kier alpha value is -0.680. The first-order valence-corrected chi connectivity index (χ1v) is 7.97. The summed E-state index contributed by atoms with van der Waals surface area (Å²) in [5, 5.41) is 4.59. The number of sulfonamides is 1. The summed E-state index contributed by atoms with van der Waals surface area (Å²) in [4.78, 5) is 0. The second-order valence-electron chi connectivity index (χ2n) is 3.87. The molecule has 2 N–H and O–H groups in total. The number of nitrogens with one attached hydrogen (secondary N) is 2. The van der Waals surface area contributed by atoms with E-state index < -0.39 is 22.8 Å². The minimum atomic E-state index is -4.41. The fraction of sp³-hybridized carbons (Fsp3) is 0.600. The zero-order chi connectivity index (χ0) is 15.2. The molecular weight excluding hydrogens is 317 g/mol.